The van der Waals surface area contributed by atoms with Crippen molar-refractivity contribution in [2.24, 2.45) is 4.99 Å². The molecule has 0 fully saturated rings. The van der Waals surface area contributed by atoms with Crippen molar-refractivity contribution < 1.29 is 14.3 Å². The third-order valence-corrected chi connectivity index (χ3v) is 2.06. The van der Waals surface area contributed by atoms with E-state index in [0.717, 1.165) is 0 Å². The van der Waals surface area contributed by atoms with Gasteiger partial charge < -0.3 is 4.74 Å². The zero-order valence-electron chi connectivity index (χ0n) is 9.24. The van der Waals surface area contributed by atoms with Crippen molar-refractivity contribution in [3.8, 4) is 11.6 Å². The number of hydrogen-bond donors (Lipinski definition) is 0. The minimum atomic E-state index is -0.747. The summed E-state index contributed by atoms with van der Waals surface area (Å²) >= 11 is 0. The van der Waals surface area contributed by atoms with Crippen molar-refractivity contribution in [1.29, 1.82) is 0 Å². The van der Waals surface area contributed by atoms with Crippen LogP contribution in [0.4, 0.5) is 0 Å². The number of amides is 1. The van der Waals surface area contributed by atoms with Crippen molar-refractivity contribution >= 4 is 12.0 Å². The van der Waals surface area contributed by atoms with Crippen molar-refractivity contribution in [3.63, 3.8) is 0 Å². The first-order valence-electron chi connectivity index (χ1n) is 5.12. The number of carbonyl (C=O) groups is 1. The van der Waals surface area contributed by atoms with Crippen LogP contribution in [0.5, 0.6) is 11.6 Å². The van der Waals surface area contributed by atoms with Gasteiger partial charge in [0, 0.05) is 6.07 Å². The Bertz CT molecular complexity index is 605. The molecule has 0 unspecified atom stereocenters. The Kier molecular flexibility index (Phi) is 3.59. The molecule has 0 atom stereocenters. The molecule has 0 aliphatic heterocycles. The number of rotatable bonds is 3. The second-order valence-electron chi connectivity index (χ2n) is 3.28. The third-order valence-electron chi connectivity index (χ3n) is 2.06. The zero-order chi connectivity index (χ0) is 12.8. The Balaban J connectivity index is 2.22. The zero-order valence-corrected chi connectivity index (χ0v) is 9.24. The van der Waals surface area contributed by atoms with Crippen LogP contribution in [0.1, 0.15) is 10.5 Å². The summed E-state index contributed by atoms with van der Waals surface area (Å²) < 4.78 is 5.44. The summed E-state index contributed by atoms with van der Waals surface area (Å²) in [7, 11) is 0. The first kappa shape index (κ1) is 11.7. The molecule has 0 aliphatic carbocycles. The van der Waals surface area contributed by atoms with E-state index in [4.69, 9.17) is 4.74 Å². The van der Waals surface area contributed by atoms with E-state index in [1.807, 2.05) is 18.2 Å². The molecule has 0 saturated carbocycles. The van der Waals surface area contributed by atoms with Crippen LogP contribution < -0.4 is 4.74 Å². The fraction of sp³-hybridized carbons (Fsp3) is 0. The van der Waals surface area contributed by atoms with E-state index in [2.05, 4.69) is 9.98 Å². The summed E-state index contributed by atoms with van der Waals surface area (Å²) in [4.78, 5) is 28.2. The van der Waals surface area contributed by atoms with Crippen LogP contribution in [-0.4, -0.2) is 17.0 Å². The lowest BCUT2D eigenvalue weighted by Crippen LogP contribution is -1.99. The highest BCUT2D eigenvalue weighted by Gasteiger charge is 2.07. The SMILES string of the molecule is O=C=NC(=O)c1cccc(Oc2ccccc2)n1. The molecule has 0 saturated heterocycles. The smallest absolute Gasteiger partial charge is 0.306 e. The number of aliphatic imine (C=N–C) groups is 1. The monoisotopic (exact) mass is 240 g/mol. The van der Waals surface area contributed by atoms with Crippen LogP contribution >= 0.6 is 0 Å². The highest BCUT2D eigenvalue weighted by molar-refractivity contribution is 5.95. The summed E-state index contributed by atoms with van der Waals surface area (Å²) in [6.07, 6.45) is 1.18. The highest BCUT2D eigenvalue weighted by Crippen LogP contribution is 2.18. The maximum absolute atomic E-state index is 11.3. The second kappa shape index (κ2) is 5.52. The lowest BCUT2D eigenvalue weighted by molar-refractivity contribution is 0.0997. The molecular weight excluding hydrogens is 232 g/mol. The molecule has 1 heterocycles. The number of benzene rings is 1. The van der Waals surface area contributed by atoms with E-state index < -0.39 is 5.91 Å². The lowest BCUT2D eigenvalue weighted by Gasteiger charge is -2.04. The summed E-state index contributed by atoms with van der Waals surface area (Å²) in [6.45, 7) is 0. The van der Waals surface area contributed by atoms with Gasteiger partial charge in [0.05, 0.1) is 0 Å². The van der Waals surface area contributed by atoms with Crippen molar-refractivity contribution in [3.05, 3.63) is 54.2 Å². The van der Waals surface area contributed by atoms with E-state index in [9.17, 15) is 9.59 Å². The van der Waals surface area contributed by atoms with E-state index >= 15 is 0 Å². The Hall–Kier alpha value is -2.78. The summed E-state index contributed by atoms with van der Waals surface area (Å²) in [5.41, 5.74) is 0.0341. The standard InChI is InChI=1S/C13H8N2O3/c16-9-14-13(17)11-7-4-8-12(15-11)18-10-5-2-1-3-6-10/h1-8H. The molecule has 88 valence electrons. The average molecular weight is 240 g/mol. The molecule has 0 bridgehead atoms. The number of nitrogens with zero attached hydrogens (tertiary/aromatic N) is 2. The van der Waals surface area contributed by atoms with Crippen LogP contribution in [0, 0.1) is 0 Å². The van der Waals surface area contributed by atoms with Crippen LogP contribution in [0.3, 0.4) is 0 Å². The van der Waals surface area contributed by atoms with E-state index in [-0.39, 0.29) is 11.6 Å². The number of aromatic nitrogens is 1. The van der Waals surface area contributed by atoms with E-state index in [1.165, 1.54) is 12.1 Å². The second-order valence-corrected chi connectivity index (χ2v) is 3.28. The molecule has 1 aromatic heterocycles. The van der Waals surface area contributed by atoms with E-state index in [0.29, 0.717) is 5.75 Å². The van der Waals surface area contributed by atoms with Gasteiger partial charge in [-0.3, -0.25) is 4.79 Å². The van der Waals surface area contributed by atoms with Gasteiger partial charge in [0.25, 0.3) is 0 Å². The van der Waals surface area contributed by atoms with Crippen molar-refractivity contribution in [2.75, 3.05) is 0 Å². The molecule has 0 radical (unpaired) electrons. The predicted molar refractivity (Wildman–Crippen MR) is 63.2 cm³/mol. The maximum atomic E-state index is 11.3. The van der Waals surface area contributed by atoms with Crippen molar-refractivity contribution in [2.45, 2.75) is 0 Å². The summed E-state index contributed by atoms with van der Waals surface area (Å²) in [6, 6.07) is 13.7. The molecule has 0 N–H and O–H groups in total. The maximum Gasteiger partial charge on any atom is 0.306 e. The van der Waals surface area contributed by atoms with Crippen LogP contribution in [0.2, 0.25) is 0 Å². The number of isocyanates is 1. The molecular formula is C13H8N2O3. The fourth-order valence-electron chi connectivity index (χ4n) is 1.30. The molecule has 1 aromatic carbocycles. The molecule has 18 heavy (non-hydrogen) atoms. The molecule has 2 aromatic rings. The Labute approximate surface area is 103 Å². The van der Waals surface area contributed by atoms with Gasteiger partial charge >= 0.3 is 5.91 Å². The quantitative estimate of drug-likeness (QED) is 0.610. The highest BCUT2D eigenvalue weighted by atomic mass is 16.5. The molecule has 1 amide bonds. The van der Waals surface area contributed by atoms with Gasteiger partial charge in [-0.15, -0.1) is 4.99 Å². The number of pyridine rings is 1. The molecule has 0 spiro atoms. The fourth-order valence-corrected chi connectivity index (χ4v) is 1.30. The van der Waals surface area contributed by atoms with Gasteiger partial charge in [-0.2, -0.15) is 0 Å². The molecule has 0 aliphatic rings. The van der Waals surface area contributed by atoms with Gasteiger partial charge in [0.15, 0.2) is 0 Å². The van der Waals surface area contributed by atoms with Gasteiger partial charge in [0.2, 0.25) is 12.0 Å². The number of para-hydroxylation sites is 1. The summed E-state index contributed by atoms with van der Waals surface area (Å²) in [5.74, 6) is 0.116. The minimum Gasteiger partial charge on any atom is -0.439 e. The molecule has 5 nitrogen and oxygen atoms in total. The normalized spacial score (nSPS) is 9.33. The van der Waals surface area contributed by atoms with Crippen LogP contribution in [0.25, 0.3) is 0 Å². The lowest BCUT2D eigenvalue weighted by atomic mass is 10.3. The Morgan fingerprint density at radius 3 is 2.61 bits per heavy atom. The third kappa shape index (κ3) is 2.87. The predicted octanol–water partition coefficient (Wildman–Crippen LogP) is 2.35. The Morgan fingerprint density at radius 2 is 1.89 bits per heavy atom. The topological polar surface area (TPSA) is 68.6 Å². The van der Waals surface area contributed by atoms with Gasteiger partial charge in [-0.1, -0.05) is 24.3 Å². The van der Waals surface area contributed by atoms with Gasteiger partial charge in [-0.05, 0) is 18.2 Å². The van der Waals surface area contributed by atoms with Crippen LogP contribution in [0.15, 0.2) is 53.5 Å². The number of hydrogen-bond acceptors (Lipinski definition) is 4. The molecule has 2 rings (SSSR count). The van der Waals surface area contributed by atoms with Gasteiger partial charge in [0.1, 0.15) is 11.4 Å². The van der Waals surface area contributed by atoms with Crippen LogP contribution in [-0.2, 0) is 4.79 Å². The van der Waals surface area contributed by atoms with Crippen molar-refractivity contribution in [1.82, 2.24) is 4.98 Å². The van der Waals surface area contributed by atoms with Gasteiger partial charge in [-0.25, -0.2) is 9.78 Å². The minimum absolute atomic E-state index is 0.0341. The molecule has 5 heteroatoms. The number of carbonyl (C=O) groups excluding carboxylic acids is 2. The average Bonchev–Trinajstić information content (AvgIpc) is 2.40. The Morgan fingerprint density at radius 1 is 1.11 bits per heavy atom. The van der Waals surface area contributed by atoms with E-state index in [1.54, 1.807) is 24.3 Å². The number of ether oxygens (including phenoxy) is 1. The largest absolute Gasteiger partial charge is 0.439 e. The summed E-state index contributed by atoms with van der Waals surface area (Å²) in [5, 5.41) is 0. The first-order valence-corrected chi connectivity index (χ1v) is 5.12. The first-order chi connectivity index (χ1) is 8.79.